The number of fused-ring (bicyclic) bond motifs is 1. The zero-order valence-corrected chi connectivity index (χ0v) is 11.8. The Labute approximate surface area is 126 Å². The summed E-state index contributed by atoms with van der Waals surface area (Å²) in [6.07, 6.45) is 3.32. The van der Waals surface area contributed by atoms with Gasteiger partial charge in [0.15, 0.2) is 5.82 Å². The second-order valence-corrected chi connectivity index (χ2v) is 5.44. The molecule has 22 heavy (non-hydrogen) atoms. The molecule has 0 aliphatic carbocycles. The van der Waals surface area contributed by atoms with Crippen LogP contribution in [0.3, 0.4) is 0 Å². The van der Waals surface area contributed by atoms with E-state index in [-0.39, 0.29) is 11.4 Å². The van der Waals surface area contributed by atoms with Gasteiger partial charge in [0, 0.05) is 18.0 Å². The Morgan fingerprint density at radius 3 is 2.64 bits per heavy atom. The van der Waals surface area contributed by atoms with E-state index in [9.17, 15) is 8.78 Å². The van der Waals surface area contributed by atoms with Crippen LogP contribution in [-0.4, -0.2) is 24.8 Å². The lowest BCUT2D eigenvalue weighted by Gasteiger charge is -1.99. The van der Waals surface area contributed by atoms with Gasteiger partial charge in [0.1, 0.15) is 16.6 Å². The van der Waals surface area contributed by atoms with E-state index in [1.165, 1.54) is 15.9 Å². The van der Waals surface area contributed by atoms with E-state index in [2.05, 4.69) is 20.3 Å². The summed E-state index contributed by atoms with van der Waals surface area (Å²) in [5, 5.41) is 13.0. The number of hydrogen-bond donors (Lipinski definition) is 0. The molecule has 0 unspecified atom stereocenters. The van der Waals surface area contributed by atoms with Gasteiger partial charge in [-0.1, -0.05) is 11.3 Å². The van der Waals surface area contributed by atoms with Crippen LogP contribution in [0.1, 0.15) is 0 Å². The molecule has 0 fully saturated rings. The van der Waals surface area contributed by atoms with Crippen LogP contribution in [-0.2, 0) is 0 Å². The number of pyridine rings is 1. The topological polar surface area (TPSA) is 56.0 Å². The number of aromatic nitrogens is 5. The Morgan fingerprint density at radius 2 is 1.82 bits per heavy atom. The number of halogens is 2. The summed E-state index contributed by atoms with van der Waals surface area (Å²) in [4.78, 5) is 4.45. The Morgan fingerprint density at radius 1 is 1.00 bits per heavy atom. The third kappa shape index (κ3) is 2.04. The highest BCUT2D eigenvalue weighted by atomic mass is 32.1. The molecule has 0 aliphatic rings. The summed E-state index contributed by atoms with van der Waals surface area (Å²) < 4.78 is 28.7. The average molecular weight is 315 g/mol. The van der Waals surface area contributed by atoms with Crippen molar-refractivity contribution in [2.75, 3.05) is 0 Å². The molecule has 4 aromatic rings. The molecule has 0 saturated carbocycles. The van der Waals surface area contributed by atoms with Gasteiger partial charge in [-0.3, -0.25) is 4.98 Å². The minimum Gasteiger partial charge on any atom is -0.265 e. The molecule has 0 N–H and O–H groups in total. The van der Waals surface area contributed by atoms with Gasteiger partial charge >= 0.3 is 0 Å². The number of benzene rings is 1. The number of rotatable bonds is 2. The highest BCUT2D eigenvalue weighted by molar-refractivity contribution is 7.19. The van der Waals surface area contributed by atoms with Gasteiger partial charge in [0.05, 0.1) is 5.56 Å². The predicted molar refractivity (Wildman–Crippen MR) is 77.2 cm³/mol. The fourth-order valence-corrected chi connectivity index (χ4v) is 2.91. The molecule has 3 heterocycles. The van der Waals surface area contributed by atoms with E-state index in [1.54, 1.807) is 12.4 Å². The number of nitrogens with zero attached hydrogens (tertiary/aromatic N) is 5. The van der Waals surface area contributed by atoms with E-state index in [4.69, 9.17) is 0 Å². The Bertz CT molecular complexity index is 964. The van der Waals surface area contributed by atoms with Crippen molar-refractivity contribution in [3.8, 4) is 22.0 Å². The smallest absolute Gasteiger partial charge is 0.235 e. The van der Waals surface area contributed by atoms with Crippen LogP contribution in [0.2, 0.25) is 0 Å². The van der Waals surface area contributed by atoms with Crippen molar-refractivity contribution in [1.82, 2.24) is 24.8 Å². The highest BCUT2D eigenvalue weighted by Crippen LogP contribution is 2.28. The Kier molecular flexibility index (Phi) is 2.90. The number of hydrogen-bond acceptors (Lipinski definition) is 5. The molecule has 0 amide bonds. The maximum absolute atomic E-state index is 13.9. The largest absolute Gasteiger partial charge is 0.265 e. The quantitative estimate of drug-likeness (QED) is 0.570. The SMILES string of the molecule is Fc1ccc(F)c(-c2nnc3sc(-c4ccncc4)nn23)c1. The molecule has 108 valence electrons. The van der Waals surface area contributed by atoms with E-state index in [0.29, 0.717) is 9.97 Å². The van der Waals surface area contributed by atoms with E-state index >= 15 is 0 Å². The first-order valence-corrected chi connectivity index (χ1v) is 7.12. The molecule has 0 spiro atoms. The van der Waals surface area contributed by atoms with Crippen LogP contribution < -0.4 is 0 Å². The molecule has 0 aliphatic heterocycles. The Balaban J connectivity index is 1.90. The van der Waals surface area contributed by atoms with Crippen molar-refractivity contribution < 1.29 is 8.78 Å². The zero-order valence-electron chi connectivity index (χ0n) is 10.9. The van der Waals surface area contributed by atoms with Crippen molar-refractivity contribution in [2.24, 2.45) is 0 Å². The summed E-state index contributed by atoms with van der Waals surface area (Å²) in [5.74, 6) is -0.949. The third-order valence-corrected chi connectivity index (χ3v) is 4.04. The average Bonchev–Trinajstić information content (AvgIpc) is 3.11. The molecule has 0 atom stereocenters. The van der Waals surface area contributed by atoms with Gasteiger partial charge in [-0.2, -0.15) is 9.61 Å². The van der Waals surface area contributed by atoms with Gasteiger partial charge in [-0.25, -0.2) is 8.78 Å². The summed E-state index contributed by atoms with van der Waals surface area (Å²) in [6, 6.07) is 6.82. The van der Waals surface area contributed by atoms with Crippen LogP contribution >= 0.6 is 11.3 Å². The van der Waals surface area contributed by atoms with Crippen LogP contribution in [0.5, 0.6) is 0 Å². The van der Waals surface area contributed by atoms with Crippen molar-refractivity contribution in [2.45, 2.75) is 0 Å². The fourth-order valence-electron chi connectivity index (χ4n) is 2.06. The standard InChI is InChI=1S/C14H7F2N5S/c15-9-1-2-11(16)10(7-9)12-18-19-14-21(12)20-13(22-14)8-3-5-17-6-4-8/h1-7H. The van der Waals surface area contributed by atoms with E-state index in [0.717, 1.165) is 23.8 Å². The molecular weight excluding hydrogens is 308 g/mol. The first-order chi connectivity index (χ1) is 10.7. The minimum absolute atomic E-state index is 0.0269. The molecule has 1 aromatic carbocycles. The summed E-state index contributed by atoms with van der Waals surface area (Å²) >= 11 is 1.31. The Hall–Kier alpha value is -2.74. The van der Waals surface area contributed by atoms with Gasteiger partial charge in [-0.15, -0.1) is 10.2 Å². The highest BCUT2D eigenvalue weighted by Gasteiger charge is 2.17. The van der Waals surface area contributed by atoms with Crippen molar-refractivity contribution in [3.05, 3.63) is 54.4 Å². The molecule has 0 radical (unpaired) electrons. The van der Waals surface area contributed by atoms with Gasteiger partial charge in [0.25, 0.3) is 0 Å². The molecule has 0 bridgehead atoms. The van der Waals surface area contributed by atoms with E-state index in [1.807, 2.05) is 12.1 Å². The van der Waals surface area contributed by atoms with Crippen LogP contribution in [0, 0.1) is 11.6 Å². The molecule has 4 rings (SSSR count). The van der Waals surface area contributed by atoms with Crippen LogP contribution in [0.4, 0.5) is 8.78 Å². The lowest BCUT2D eigenvalue weighted by atomic mass is 10.2. The summed E-state index contributed by atoms with van der Waals surface area (Å²) in [7, 11) is 0. The van der Waals surface area contributed by atoms with E-state index < -0.39 is 11.6 Å². The van der Waals surface area contributed by atoms with Crippen molar-refractivity contribution in [3.63, 3.8) is 0 Å². The fraction of sp³-hybridized carbons (Fsp3) is 0. The molecule has 3 aromatic heterocycles. The van der Waals surface area contributed by atoms with Crippen LogP contribution in [0.25, 0.3) is 26.9 Å². The molecule has 0 saturated heterocycles. The molecule has 8 heteroatoms. The van der Waals surface area contributed by atoms with Gasteiger partial charge in [-0.05, 0) is 30.3 Å². The third-order valence-electron chi connectivity index (χ3n) is 3.09. The first kappa shape index (κ1) is 13.0. The predicted octanol–water partition coefficient (Wildman–Crippen LogP) is 3.19. The van der Waals surface area contributed by atoms with Crippen LogP contribution in [0.15, 0.2) is 42.7 Å². The van der Waals surface area contributed by atoms with Gasteiger partial charge in [0.2, 0.25) is 4.96 Å². The van der Waals surface area contributed by atoms with Crippen molar-refractivity contribution in [1.29, 1.82) is 0 Å². The lowest BCUT2D eigenvalue weighted by Crippen LogP contribution is -1.94. The van der Waals surface area contributed by atoms with Gasteiger partial charge < -0.3 is 0 Å². The normalized spacial score (nSPS) is 11.2. The molecular formula is C14H7F2N5S. The summed E-state index contributed by atoms with van der Waals surface area (Å²) in [6.45, 7) is 0. The second kappa shape index (κ2) is 4.92. The van der Waals surface area contributed by atoms with Crippen molar-refractivity contribution >= 4 is 16.3 Å². The second-order valence-electron chi connectivity index (χ2n) is 4.49. The monoisotopic (exact) mass is 315 g/mol. The maximum Gasteiger partial charge on any atom is 0.235 e. The minimum atomic E-state index is -0.575. The first-order valence-electron chi connectivity index (χ1n) is 6.30. The zero-order chi connectivity index (χ0) is 15.1. The maximum atomic E-state index is 13.9. The molecule has 5 nitrogen and oxygen atoms in total. The lowest BCUT2D eigenvalue weighted by molar-refractivity contribution is 0.601. The summed E-state index contributed by atoms with van der Waals surface area (Å²) in [5.41, 5.74) is 0.898.